The lowest BCUT2D eigenvalue weighted by atomic mass is 10.0. The first-order valence-corrected chi connectivity index (χ1v) is 14.7. The topological polar surface area (TPSA) is 7.76 Å². The molecule has 0 saturated carbocycles. The molecular formula is C38H40I2N2. The van der Waals surface area contributed by atoms with Crippen molar-refractivity contribution in [1.82, 2.24) is 0 Å². The highest BCUT2D eigenvalue weighted by Gasteiger charge is 2.05. The van der Waals surface area contributed by atoms with Crippen LogP contribution in [-0.2, 0) is 13.1 Å². The van der Waals surface area contributed by atoms with Gasteiger partial charge in [-0.1, -0.05) is 99.5 Å². The number of fused-ring (bicyclic) bond motifs is 2. The van der Waals surface area contributed by atoms with Crippen LogP contribution in [0.15, 0.2) is 134 Å². The van der Waals surface area contributed by atoms with Gasteiger partial charge in [-0.15, -0.1) is 0 Å². The molecule has 0 amide bonds. The number of benzene rings is 4. The number of halogens is 2. The molecule has 6 aromatic rings. The van der Waals surface area contributed by atoms with E-state index in [2.05, 4.69) is 157 Å². The molecule has 2 aromatic heterocycles. The summed E-state index contributed by atoms with van der Waals surface area (Å²) in [6.45, 7) is 6.66. The Balaban J connectivity index is 0.000000220. The average molecular weight is 779 g/mol. The van der Waals surface area contributed by atoms with E-state index < -0.39 is 0 Å². The minimum Gasteiger partial charge on any atom is -1.00 e. The van der Waals surface area contributed by atoms with Gasteiger partial charge in [-0.05, 0) is 55.9 Å². The van der Waals surface area contributed by atoms with E-state index in [1.807, 2.05) is 0 Å². The third-order valence-electron chi connectivity index (χ3n) is 7.49. The molecule has 2 nitrogen and oxygen atoms in total. The van der Waals surface area contributed by atoms with Crippen LogP contribution in [0.4, 0.5) is 0 Å². The van der Waals surface area contributed by atoms with Gasteiger partial charge in [0.25, 0.3) is 0 Å². The van der Waals surface area contributed by atoms with E-state index in [4.69, 9.17) is 0 Å². The first kappa shape index (κ1) is 33.7. The van der Waals surface area contributed by atoms with Crippen molar-refractivity contribution >= 4 is 21.5 Å². The van der Waals surface area contributed by atoms with Crippen LogP contribution in [0.2, 0.25) is 0 Å². The number of rotatable bonds is 8. The molecule has 0 fully saturated rings. The Morgan fingerprint density at radius 3 is 1.12 bits per heavy atom. The molecule has 0 atom stereocenters. The molecule has 0 bridgehead atoms. The molecule has 2 heterocycles. The monoisotopic (exact) mass is 778 g/mol. The van der Waals surface area contributed by atoms with E-state index in [1.54, 1.807) is 0 Å². The molecular weight excluding hydrogens is 738 g/mol. The van der Waals surface area contributed by atoms with Crippen molar-refractivity contribution < 1.29 is 57.1 Å². The first-order chi connectivity index (χ1) is 19.7. The molecule has 4 aromatic carbocycles. The highest BCUT2D eigenvalue weighted by molar-refractivity contribution is 5.88. The summed E-state index contributed by atoms with van der Waals surface area (Å²) in [5.74, 6) is 0. The van der Waals surface area contributed by atoms with Crippen LogP contribution in [0.3, 0.4) is 0 Å². The van der Waals surface area contributed by atoms with Gasteiger partial charge in [-0.3, -0.25) is 0 Å². The van der Waals surface area contributed by atoms with Crippen LogP contribution >= 0.6 is 0 Å². The molecule has 42 heavy (non-hydrogen) atoms. The van der Waals surface area contributed by atoms with Gasteiger partial charge in [0.05, 0.1) is 0 Å². The molecule has 4 heteroatoms. The van der Waals surface area contributed by atoms with Crippen LogP contribution in [0.5, 0.6) is 0 Å². The lowest BCUT2D eigenvalue weighted by molar-refractivity contribution is -0.697. The van der Waals surface area contributed by atoms with Gasteiger partial charge >= 0.3 is 0 Å². The summed E-state index contributed by atoms with van der Waals surface area (Å²) in [4.78, 5) is 0. The Labute approximate surface area is 285 Å². The molecule has 0 spiro atoms. The van der Waals surface area contributed by atoms with Crippen LogP contribution in [0.1, 0.15) is 39.5 Å². The number of aromatic nitrogens is 2. The van der Waals surface area contributed by atoms with Crippen LogP contribution in [0.25, 0.3) is 43.8 Å². The summed E-state index contributed by atoms with van der Waals surface area (Å²) in [6.07, 6.45) is 13.7. The Morgan fingerprint density at radius 2 is 0.762 bits per heavy atom. The van der Waals surface area contributed by atoms with Crippen molar-refractivity contribution in [3.05, 3.63) is 134 Å². The van der Waals surface area contributed by atoms with Crippen molar-refractivity contribution in [2.24, 2.45) is 0 Å². The fourth-order valence-corrected chi connectivity index (χ4v) is 5.02. The molecule has 0 aliphatic rings. The number of aryl methyl sites for hydroxylation is 2. The Morgan fingerprint density at radius 1 is 0.405 bits per heavy atom. The molecule has 216 valence electrons. The van der Waals surface area contributed by atoms with E-state index in [-0.39, 0.29) is 48.0 Å². The average Bonchev–Trinajstić information content (AvgIpc) is 3.03. The predicted octanol–water partition coefficient (Wildman–Crippen LogP) is 3.20. The summed E-state index contributed by atoms with van der Waals surface area (Å²) in [5, 5.41) is 5.19. The third kappa shape index (κ3) is 9.08. The van der Waals surface area contributed by atoms with E-state index in [0.29, 0.717) is 0 Å². The van der Waals surface area contributed by atoms with E-state index in [0.717, 1.165) is 13.1 Å². The lowest BCUT2D eigenvalue weighted by Crippen LogP contribution is -3.00. The molecule has 0 N–H and O–H groups in total. The largest absolute Gasteiger partial charge is 1.00 e. The zero-order valence-electron chi connectivity index (χ0n) is 24.6. The minimum absolute atomic E-state index is 0. The maximum Gasteiger partial charge on any atom is 0.169 e. The van der Waals surface area contributed by atoms with Gasteiger partial charge in [-0.2, -0.15) is 0 Å². The van der Waals surface area contributed by atoms with Crippen molar-refractivity contribution in [1.29, 1.82) is 0 Å². The highest BCUT2D eigenvalue weighted by atomic mass is 127. The van der Waals surface area contributed by atoms with Crippen molar-refractivity contribution in [3.8, 4) is 22.3 Å². The normalized spacial score (nSPS) is 10.3. The predicted molar refractivity (Wildman–Crippen MR) is 169 cm³/mol. The number of pyridine rings is 2. The van der Waals surface area contributed by atoms with Gasteiger partial charge < -0.3 is 48.0 Å². The van der Waals surface area contributed by atoms with E-state index in [1.165, 1.54) is 69.5 Å². The second kappa shape index (κ2) is 17.3. The fraction of sp³-hybridized carbons (Fsp3) is 0.211. The fourth-order valence-electron chi connectivity index (χ4n) is 5.02. The van der Waals surface area contributed by atoms with Gasteiger partial charge in [0.1, 0.15) is 13.1 Å². The smallest absolute Gasteiger partial charge is 0.169 e. The second-order valence-corrected chi connectivity index (χ2v) is 10.5. The molecule has 0 aliphatic carbocycles. The zero-order valence-corrected chi connectivity index (χ0v) is 28.9. The van der Waals surface area contributed by atoms with E-state index >= 15 is 0 Å². The summed E-state index contributed by atoms with van der Waals surface area (Å²) >= 11 is 0. The standard InChI is InChI=1S/2C19H20N.2HI/c2*1-2-3-12-20-13-10-17(11-14-20)19-9-8-16-6-4-5-7-18(16)15-19;;/h2*4-11,13-15H,2-3,12H2,1H3;2*1H/q2*+1;;/p-2. The van der Waals surface area contributed by atoms with Crippen molar-refractivity contribution in [2.75, 3.05) is 0 Å². The Kier molecular flexibility index (Phi) is 13.9. The van der Waals surface area contributed by atoms with Gasteiger partial charge in [0.15, 0.2) is 24.8 Å². The summed E-state index contributed by atoms with van der Waals surface area (Å²) in [7, 11) is 0. The first-order valence-electron chi connectivity index (χ1n) is 14.7. The van der Waals surface area contributed by atoms with Gasteiger partial charge in [-0.25, -0.2) is 9.13 Å². The maximum absolute atomic E-state index is 2.26. The lowest BCUT2D eigenvalue weighted by Gasteiger charge is -2.04. The summed E-state index contributed by atoms with van der Waals surface area (Å²) in [6, 6.07) is 39.2. The Hall–Kier alpha value is -2.84. The molecule has 6 rings (SSSR count). The van der Waals surface area contributed by atoms with Crippen LogP contribution in [-0.4, -0.2) is 0 Å². The highest BCUT2D eigenvalue weighted by Crippen LogP contribution is 2.24. The molecule has 0 aliphatic heterocycles. The summed E-state index contributed by atoms with van der Waals surface area (Å²) in [5.41, 5.74) is 5.13. The molecule has 0 unspecified atom stereocenters. The second-order valence-electron chi connectivity index (χ2n) is 10.5. The minimum atomic E-state index is 0. The Bertz CT molecular complexity index is 1530. The van der Waals surface area contributed by atoms with Gasteiger partial charge in [0, 0.05) is 37.1 Å². The SMILES string of the molecule is CCCC[n+]1ccc(-c2ccc3ccccc3c2)cc1.CCCC[n+]1ccc(-c2ccc3ccccc3c2)cc1.[I-].[I-]. The molecule has 0 radical (unpaired) electrons. The third-order valence-corrected chi connectivity index (χ3v) is 7.49. The van der Waals surface area contributed by atoms with Crippen molar-refractivity contribution in [3.63, 3.8) is 0 Å². The number of unbranched alkanes of at least 4 members (excludes halogenated alkanes) is 2. The van der Waals surface area contributed by atoms with Gasteiger partial charge in [0.2, 0.25) is 0 Å². The number of hydrogen-bond acceptors (Lipinski definition) is 0. The van der Waals surface area contributed by atoms with Crippen LogP contribution < -0.4 is 57.1 Å². The van der Waals surface area contributed by atoms with Crippen LogP contribution in [0, 0.1) is 0 Å². The quantitative estimate of drug-likeness (QED) is 0.166. The number of nitrogens with zero attached hydrogens (tertiary/aromatic N) is 2. The van der Waals surface area contributed by atoms with E-state index in [9.17, 15) is 0 Å². The summed E-state index contributed by atoms with van der Waals surface area (Å²) < 4.78 is 4.52. The molecule has 0 saturated heterocycles. The van der Waals surface area contributed by atoms with Crippen molar-refractivity contribution in [2.45, 2.75) is 52.6 Å². The number of hydrogen-bond donors (Lipinski definition) is 0. The zero-order chi connectivity index (χ0) is 27.6. The maximum atomic E-state index is 2.26.